The van der Waals surface area contributed by atoms with E-state index in [-0.39, 0.29) is 0 Å². The summed E-state index contributed by atoms with van der Waals surface area (Å²) < 4.78 is 0. The van der Waals surface area contributed by atoms with E-state index in [1.807, 2.05) is 18.2 Å². The average Bonchev–Trinajstić information content (AvgIpc) is 2.60. The quantitative estimate of drug-likeness (QED) is 0.774. The van der Waals surface area contributed by atoms with Crippen molar-refractivity contribution < 1.29 is 4.79 Å². The first-order valence-corrected chi connectivity index (χ1v) is 10.7. The van der Waals surface area contributed by atoms with Crippen molar-refractivity contribution in [2.45, 2.75) is 44.9 Å². The number of nitrogens with zero attached hydrogens (tertiary/aromatic N) is 2. The first-order chi connectivity index (χ1) is 12.6. The first kappa shape index (κ1) is 16.9. The maximum atomic E-state index is 13.1. The van der Waals surface area contributed by atoms with Gasteiger partial charge in [-0.3, -0.25) is 4.79 Å². The van der Waals surface area contributed by atoms with Crippen LogP contribution in [0.1, 0.15) is 44.9 Å². The fourth-order valence-corrected chi connectivity index (χ4v) is 7.01. The van der Waals surface area contributed by atoms with Gasteiger partial charge in [-0.05, 0) is 79.9 Å². The van der Waals surface area contributed by atoms with Crippen molar-refractivity contribution in [3.05, 3.63) is 29.3 Å². The summed E-state index contributed by atoms with van der Waals surface area (Å²) in [4.78, 5) is 17.5. The monoisotopic (exact) mass is 372 g/mol. The Morgan fingerprint density at radius 1 is 1.00 bits per heavy atom. The minimum absolute atomic E-state index is 0.357. The lowest BCUT2D eigenvalue weighted by atomic mass is 9.49. The molecule has 5 fully saturated rings. The molecule has 0 unspecified atom stereocenters. The Hall–Kier alpha value is -1.22. The maximum absolute atomic E-state index is 13.1. The molecule has 1 heterocycles. The molecule has 4 aliphatic carbocycles. The molecule has 0 N–H and O–H groups in total. The fourth-order valence-electron chi connectivity index (χ4n) is 6.83. The van der Waals surface area contributed by atoms with E-state index >= 15 is 0 Å². The number of carbonyl (C=O) groups is 1. The molecule has 140 valence electrons. The Morgan fingerprint density at radius 3 is 2.19 bits per heavy atom. The molecule has 3 nitrogen and oxygen atoms in total. The molecule has 6 rings (SSSR count). The highest BCUT2D eigenvalue weighted by atomic mass is 35.5. The Labute approximate surface area is 161 Å². The highest BCUT2D eigenvalue weighted by molar-refractivity contribution is 6.30. The van der Waals surface area contributed by atoms with Gasteiger partial charge >= 0.3 is 0 Å². The van der Waals surface area contributed by atoms with Gasteiger partial charge in [0, 0.05) is 43.3 Å². The van der Waals surface area contributed by atoms with Crippen LogP contribution >= 0.6 is 11.6 Å². The second kappa shape index (κ2) is 6.44. The number of amides is 1. The van der Waals surface area contributed by atoms with Crippen molar-refractivity contribution in [3.63, 3.8) is 0 Å². The van der Waals surface area contributed by atoms with Gasteiger partial charge in [0.25, 0.3) is 0 Å². The van der Waals surface area contributed by atoms with Gasteiger partial charge in [0.1, 0.15) is 0 Å². The lowest BCUT2D eigenvalue weighted by Gasteiger charge is -2.57. The predicted octanol–water partition coefficient (Wildman–Crippen LogP) is 4.60. The maximum Gasteiger partial charge on any atom is 0.223 e. The van der Waals surface area contributed by atoms with Gasteiger partial charge < -0.3 is 9.80 Å². The fraction of sp³-hybridized carbons (Fsp3) is 0.682. The number of carbonyl (C=O) groups excluding carboxylic acids is 1. The number of halogens is 1. The van der Waals surface area contributed by atoms with Crippen LogP contribution in [0.2, 0.25) is 5.02 Å². The van der Waals surface area contributed by atoms with Gasteiger partial charge in [-0.25, -0.2) is 0 Å². The summed E-state index contributed by atoms with van der Waals surface area (Å²) in [7, 11) is 0. The second-order valence-corrected chi connectivity index (χ2v) is 9.88. The topological polar surface area (TPSA) is 23.6 Å². The van der Waals surface area contributed by atoms with Crippen molar-refractivity contribution in [2.24, 2.45) is 23.2 Å². The molecule has 1 aromatic rings. The van der Waals surface area contributed by atoms with Gasteiger partial charge in [0.05, 0.1) is 0 Å². The Bertz CT molecular complexity index is 660. The summed E-state index contributed by atoms with van der Waals surface area (Å²) in [5.41, 5.74) is 1.53. The van der Waals surface area contributed by atoms with Crippen molar-refractivity contribution in [3.8, 4) is 0 Å². The van der Waals surface area contributed by atoms with E-state index < -0.39 is 0 Å². The molecule has 0 atom stereocenters. The van der Waals surface area contributed by atoms with Crippen molar-refractivity contribution in [2.75, 3.05) is 31.1 Å². The molecule has 1 saturated heterocycles. The summed E-state index contributed by atoms with van der Waals surface area (Å²) >= 11 is 6.12. The van der Waals surface area contributed by atoms with E-state index in [1.165, 1.54) is 44.2 Å². The third kappa shape index (κ3) is 3.13. The first-order valence-electron chi connectivity index (χ1n) is 10.4. The molecule has 5 aliphatic rings. The van der Waals surface area contributed by atoms with Gasteiger partial charge in [-0.1, -0.05) is 17.7 Å². The molecular formula is C22H29ClN2O. The van der Waals surface area contributed by atoms with E-state index in [0.717, 1.165) is 55.4 Å². The van der Waals surface area contributed by atoms with Crippen LogP contribution in [-0.2, 0) is 4.79 Å². The third-order valence-electron chi connectivity index (χ3n) is 7.50. The Morgan fingerprint density at radius 2 is 1.62 bits per heavy atom. The van der Waals surface area contributed by atoms with E-state index in [2.05, 4.69) is 15.9 Å². The minimum atomic E-state index is 0.357. The van der Waals surface area contributed by atoms with Gasteiger partial charge in [-0.15, -0.1) is 0 Å². The predicted molar refractivity (Wildman–Crippen MR) is 105 cm³/mol. The van der Waals surface area contributed by atoms with Crippen molar-refractivity contribution >= 4 is 23.2 Å². The summed E-state index contributed by atoms with van der Waals surface area (Å²) in [6, 6.07) is 8.05. The molecule has 0 spiro atoms. The molecular weight excluding hydrogens is 344 g/mol. The average molecular weight is 373 g/mol. The number of hydrogen-bond acceptors (Lipinski definition) is 2. The van der Waals surface area contributed by atoms with E-state index in [4.69, 9.17) is 11.6 Å². The molecule has 1 amide bonds. The van der Waals surface area contributed by atoms with Crippen LogP contribution in [0.4, 0.5) is 5.69 Å². The van der Waals surface area contributed by atoms with Gasteiger partial charge in [-0.2, -0.15) is 0 Å². The lowest BCUT2D eigenvalue weighted by molar-refractivity contribution is -0.139. The van der Waals surface area contributed by atoms with Crippen LogP contribution in [0, 0.1) is 23.2 Å². The minimum Gasteiger partial charge on any atom is -0.368 e. The van der Waals surface area contributed by atoms with Crippen LogP contribution < -0.4 is 4.90 Å². The van der Waals surface area contributed by atoms with Crippen molar-refractivity contribution in [1.29, 1.82) is 0 Å². The Balaban J connectivity index is 1.20. The Kier molecular flexibility index (Phi) is 4.19. The molecule has 1 aromatic carbocycles. The lowest BCUT2D eigenvalue weighted by Crippen LogP contribution is -2.52. The van der Waals surface area contributed by atoms with Crippen LogP contribution in [0.15, 0.2) is 24.3 Å². The van der Waals surface area contributed by atoms with E-state index in [0.29, 0.717) is 11.3 Å². The van der Waals surface area contributed by atoms with Crippen molar-refractivity contribution in [1.82, 2.24) is 4.90 Å². The second-order valence-electron chi connectivity index (χ2n) is 9.44. The largest absolute Gasteiger partial charge is 0.368 e. The van der Waals surface area contributed by atoms with E-state index in [9.17, 15) is 4.79 Å². The molecule has 4 saturated carbocycles. The normalized spacial score (nSPS) is 35.8. The summed E-state index contributed by atoms with van der Waals surface area (Å²) in [5.74, 6) is 3.19. The van der Waals surface area contributed by atoms with Gasteiger partial charge in [0.15, 0.2) is 0 Å². The third-order valence-corrected chi connectivity index (χ3v) is 7.73. The number of rotatable bonds is 3. The smallest absolute Gasteiger partial charge is 0.223 e. The highest BCUT2D eigenvalue weighted by Gasteiger charge is 2.51. The standard InChI is InChI=1S/C22H29ClN2O/c23-19-2-1-3-20(11-19)24-4-6-25(7-5-24)21(26)15-22-12-16-8-17(13-22)10-18(9-16)14-22/h1-3,11,16-18H,4-10,12-15H2. The zero-order valence-electron chi connectivity index (χ0n) is 15.5. The summed E-state index contributed by atoms with van der Waals surface area (Å²) in [6.07, 6.45) is 9.14. The molecule has 4 heteroatoms. The van der Waals surface area contributed by atoms with Crippen LogP contribution in [0.3, 0.4) is 0 Å². The number of benzene rings is 1. The molecule has 0 radical (unpaired) electrons. The summed E-state index contributed by atoms with van der Waals surface area (Å²) in [6.45, 7) is 3.51. The SMILES string of the molecule is O=C(CC12CC3CC(CC(C3)C1)C2)N1CCN(c2cccc(Cl)c2)CC1. The summed E-state index contributed by atoms with van der Waals surface area (Å²) in [5, 5.41) is 0.780. The molecule has 4 bridgehead atoms. The number of hydrogen-bond donors (Lipinski definition) is 0. The number of piperazine rings is 1. The number of anilines is 1. The zero-order valence-corrected chi connectivity index (χ0v) is 16.3. The molecule has 26 heavy (non-hydrogen) atoms. The zero-order chi connectivity index (χ0) is 17.7. The molecule has 1 aliphatic heterocycles. The van der Waals surface area contributed by atoms with E-state index in [1.54, 1.807) is 0 Å². The van der Waals surface area contributed by atoms with Crippen LogP contribution in [0.5, 0.6) is 0 Å². The van der Waals surface area contributed by atoms with Gasteiger partial charge in [0.2, 0.25) is 5.91 Å². The highest BCUT2D eigenvalue weighted by Crippen LogP contribution is 2.61. The molecule has 0 aromatic heterocycles. The van der Waals surface area contributed by atoms with Crippen LogP contribution in [-0.4, -0.2) is 37.0 Å². The van der Waals surface area contributed by atoms with Crippen LogP contribution in [0.25, 0.3) is 0 Å².